The second kappa shape index (κ2) is 12.1. The third kappa shape index (κ3) is 6.55. The number of fused-ring (bicyclic) bond motifs is 1. The normalized spacial score (nSPS) is 13.6. The molecule has 5 nitrogen and oxygen atoms in total. The van der Waals surface area contributed by atoms with Gasteiger partial charge in [-0.25, -0.2) is 4.39 Å². The van der Waals surface area contributed by atoms with Crippen molar-refractivity contribution in [2.75, 3.05) is 19.2 Å². The van der Waals surface area contributed by atoms with Gasteiger partial charge in [0.2, 0.25) is 0 Å². The highest BCUT2D eigenvalue weighted by atomic mass is 19.1. The van der Waals surface area contributed by atoms with E-state index in [1.54, 1.807) is 13.2 Å². The molecule has 0 fully saturated rings. The molecule has 1 heterocycles. The zero-order chi connectivity index (χ0) is 29.0. The number of anilines is 1. The summed E-state index contributed by atoms with van der Waals surface area (Å²) in [6, 6.07) is 24.5. The standard InChI is InChI=1S/C35H36FNO4/c1-23-11-12-26(36)17-32(23)40-21-30-28(15-16-31-34(30)24(2)19-35(3,4)37-31)29-14-13-27(18-33(29)38-5)41-22-39-20-25-9-7-6-8-10-25/h6-19,37H,20-22H2,1-5H3. The maximum absolute atomic E-state index is 14.0. The van der Waals surface area contributed by atoms with Crippen molar-refractivity contribution >= 4 is 11.3 Å². The van der Waals surface area contributed by atoms with Gasteiger partial charge < -0.3 is 24.3 Å². The van der Waals surface area contributed by atoms with E-state index in [0.717, 1.165) is 44.6 Å². The molecule has 4 aromatic rings. The largest absolute Gasteiger partial charge is 0.496 e. The van der Waals surface area contributed by atoms with Gasteiger partial charge in [0.25, 0.3) is 0 Å². The molecule has 0 unspecified atom stereocenters. The van der Waals surface area contributed by atoms with Crippen LogP contribution in [-0.4, -0.2) is 19.4 Å². The first kappa shape index (κ1) is 28.2. The van der Waals surface area contributed by atoms with E-state index in [-0.39, 0.29) is 24.8 Å². The fourth-order valence-electron chi connectivity index (χ4n) is 5.31. The Bertz CT molecular complexity index is 1560. The van der Waals surface area contributed by atoms with Gasteiger partial charge in [-0.1, -0.05) is 48.5 Å². The highest BCUT2D eigenvalue weighted by molar-refractivity contribution is 5.88. The minimum atomic E-state index is -0.328. The fraction of sp³-hybridized carbons (Fsp3) is 0.257. The lowest BCUT2D eigenvalue weighted by Gasteiger charge is -2.33. The van der Waals surface area contributed by atoms with E-state index >= 15 is 0 Å². The Morgan fingerprint density at radius 3 is 2.37 bits per heavy atom. The molecule has 5 rings (SSSR count). The summed E-state index contributed by atoms with van der Waals surface area (Å²) in [4.78, 5) is 0. The van der Waals surface area contributed by atoms with Crippen LogP contribution >= 0.6 is 0 Å². The maximum Gasteiger partial charge on any atom is 0.189 e. The highest BCUT2D eigenvalue weighted by Crippen LogP contribution is 2.43. The van der Waals surface area contributed by atoms with Crippen LogP contribution in [-0.2, 0) is 18.0 Å². The average Bonchev–Trinajstić information content (AvgIpc) is 2.95. The molecule has 41 heavy (non-hydrogen) atoms. The molecule has 0 aliphatic carbocycles. The van der Waals surface area contributed by atoms with Gasteiger partial charge in [-0.2, -0.15) is 0 Å². The number of allylic oxidation sites excluding steroid dienone is 1. The molecule has 6 heteroatoms. The van der Waals surface area contributed by atoms with Gasteiger partial charge in [0.15, 0.2) is 6.79 Å². The van der Waals surface area contributed by atoms with Crippen molar-refractivity contribution in [2.24, 2.45) is 0 Å². The van der Waals surface area contributed by atoms with Crippen LogP contribution < -0.4 is 19.5 Å². The first-order valence-corrected chi connectivity index (χ1v) is 13.7. The predicted molar refractivity (Wildman–Crippen MR) is 162 cm³/mol. The van der Waals surface area contributed by atoms with Gasteiger partial charge in [0.1, 0.15) is 29.7 Å². The van der Waals surface area contributed by atoms with Gasteiger partial charge in [0, 0.05) is 34.5 Å². The quantitative estimate of drug-likeness (QED) is 0.158. The fourth-order valence-corrected chi connectivity index (χ4v) is 5.31. The van der Waals surface area contributed by atoms with E-state index < -0.39 is 0 Å². The second-order valence-corrected chi connectivity index (χ2v) is 10.8. The molecular formula is C35H36FNO4. The van der Waals surface area contributed by atoms with E-state index in [9.17, 15) is 4.39 Å². The number of aryl methyl sites for hydroxylation is 1. The summed E-state index contributed by atoms with van der Waals surface area (Å²) < 4.78 is 37.7. The lowest BCUT2D eigenvalue weighted by Crippen LogP contribution is -2.32. The Morgan fingerprint density at radius 2 is 1.59 bits per heavy atom. The maximum atomic E-state index is 14.0. The van der Waals surface area contributed by atoms with Crippen molar-refractivity contribution in [3.63, 3.8) is 0 Å². The average molecular weight is 554 g/mol. The number of halogens is 1. The first-order valence-electron chi connectivity index (χ1n) is 13.7. The number of benzene rings is 4. The van der Waals surface area contributed by atoms with Crippen LogP contribution in [0.1, 0.15) is 43.0 Å². The van der Waals surface area contributed by atoms with E-state index in [1.165, 1.54) is 12.1 Å². The highest BCUT2D eigenvalue weighted by Gasteiger charge is 2.27. The minimum absolute atomic E-state index is 0.119. The zero-order valence-electron chi connectivity index (χ0n) is 24.2. The summed E-state index contributed by atoms with van der Waals surface area (Å²) in [6.07, 6.45) is 2.22. The lowest BCUT2D eigenvalue weighted by atomic mass is 9.85. The van der Waals surface area contributed by atoms with Crippen molar-refractivity contribution in [3.05, 3.63) is 113 Å². The van der Waals surface area contributed by atoms with Crippen LogP contribution in [0.5, 0.6) is 17.2 Å². The molecular weight excluding hydrogens is 517 g/mol. The zero-order valence-corrected chi connectivity index (χ0v) is 24.2. The molecule has 0 atom stereocenters. The summed E-state index contributed by atoms with van der Waals surface area (Å²) in [6.45, 7) is 9.16. The summed E-state index contributed by atoms with van der Waals surface area (Å²) in [5.74, 6) is 1.50. The monoisotopic (exact) mass is 553 g/mol. The Morgan fingerprint density at radius 1 is 0.805 bits per heavy atom. The molecule has 0 saturated carbocycles. The van der Waals surface area contributed by atoms with Crippen LogP contribution in [0.3, 0.4) is 0 Å². The van der Waals surface area contributed by atoms with Gasteiger partial charge in [-0.05, 0) is 74.2 Å². The van der Waals surface area contributed by atoms with Crippen molar-refractivity contribution in [2.45, 2.75) is 46.4 Å². The molecule has 0 spiro atoms. The van der Waals surface area contributed by atoms with Gasteiger partial charge in [0.05, 0.1) is 19.3 Å². The summed E-state index contributed by atoms with van der Waals surface area (Å²) >= 11 is 0. The van der Waals surface area contributed by atoms with Crippen LogP contribution in [0, 0.1) is 12.7 Å². The predicted octanol–water partition coefficient (Wildman–Crippen LogP) is 8.55. The third-order valence-electron chi connectivity index (χ3n) is 7.15. The van der Waals surface area contributed by atoms with E-state index in [4.69, 9.17) is 18.9 Å². The van der Waals surface area contributed by atoms with E-state index in [1.807, 2.05) is 55.5 Å². The number of hydrogen-bond acceptors (Lipinski definition) is 5. The van der Waals surface area contributed by atoms with Gasteiger partial charge in [-0.15, -0.1) is 0 Å². The van der Waals surface area contributed by atoms with E-state index in [2.05, 4.69) is 44.3 Å². The Balaban J connectivity index is 1.45. The summed E-state index contributed by atoms with van der Waals surface area (Å²) in [5, 5.41) is 3.63. The van der Waals surface area contributed by atoms with Crippen LogP contribution in [0.25, 0.3) is 16.7 Å². The first-order chi connectivity index (χ1) is 19.7. The molecule has 1 aliphatic heterocycles. The molecule has 212 valence electrons. The van der Waals surface area contributed by atoms with Gasteiger partial charge >= 0.3 is 0 Å². The van der Waals surface area contributed by atoms with Crippen LogP contribution in [0.15, 0.2) is 84.9 Å². The molecule has 0 saturated heterocycles. The minimum Gasteiger partial charge on any atom is -0.496 e. The number of ether oxygens (including phenoxy) is 4. The molecule has 4 aromatic carbocycles. The number of nitrogens with one attached hydrogen (secondary N) is 1. The van der Waals surface area contributed by atoms with Gasteiger partial charge in [-0.3, -0.25) is 0 Å². The van der Waals surface area contributed by atoms with Crippen molar-refractivity contribution < 1.29 is 23.3 Å². The molecule has 1 N–H and O–H groups in total. The number of rotatable bonds is 10. The molecule has 0 aromatic heterocycles. The lowest BCUT2D eigenvalue weighted by molar-refractivity contribution is 0.00496. The van der Waals surface area contributed by atoms with Crippen LogP contribution in [0.4, 0.5) is 10.1 Å². The smallest absolute Gasteiger partial charge is 0.189 e. The van der Waals surface area contributed by atoms with Crippen molar-refractivity contribution in [3.8, 4) is 28.4 Å². The molecule has 0 amide bonds. The molecule has 0 radical (unpaired) electrons. The Labute approximate surface area is 241 Å². The van der Waals surface area contributed by atoms with Crippen LogP contribution in [0.2, 0.25) is 0 Å². The molecule has 1 aliphatic rings. The summed E-state index contributed by atoms with van der Waals surface area (Å²) in [7, 11) is 1.65. The summed E-state index contributed by atoms with van der Waals surface area (Å²) in [5.41, 5.74) is 7.89. The Hall–Kier alpha value is -4.29. The number of hydrogen-bond donors (Lipinski definition) is 1. The number of methoxy groups -OCH3 is 1. The third-order valence-corrected chi connectivity index (χ3v) is 7.15. The second-order valence-electron chi connectivity index (χ2n) is 10.8. The Kier molecular flexibility index (Phi) is 8.31. The molecule has 0 bridgehead atoms. The SMILES string of the molecule is COc1cc(OCOCc2ccccc2)ccc1-c1ccc2c(c1COc1cc(F)ccc1C)C(C)=CC(C)(C)N2. The topological polar surface area (TPSA) is 49.0 Å². The van der Waals surface area contributed by atoms with Crippen molar-refractivity contribution in [1.29, 1.82) is 0 Å². The van der Waals surface area contributed by atoms with Crippen molar-refractivity contribution in [1.82, 2.24) is 0 Å². The van der Waals surface area contributed by atoms with E-state index in [0.29, 0.717) is 23.9 Å².